The van der Waals surface area contributed by atoms with Gasteiger partial charge in [0.15, 0.2) is 5.69 Å². The van der Waals surface area contributed by atoms with E-state index in [2.05, 4.69) is 15.0 Å². The SMILES string of the molecule is Cc1c(C(=O)N2CCC(C(=O)O)C(C)C2)nnn1-c1ccc(OC(F)F)cc1. The smallest absolute Gasteiger partial charge is 0.387 e. The Morgan fingerprint density at radius 2 is 1.96 bits per heavy atom. The van der Waals surface area contributed by atoms with Gasteiger partial charge < -0.3 is 14.7 Å². The quantitative estimate of drug-likeness (QED) is 0.836. The lowest BCUT2D eigenvalue weighted by Gasteiger charge is -2.34. The summed E-state index contributed by atoms with van der Waals surface area (Å²) in [6.45, 7) is 1.26. The third kappa shape index (κ3) is 3.95. The van der Waals surface area contributed by atoms with Gasteiger partial charge in [-0.1, -0.05) is 12.1 Å². The summed E-state index contributed by atoms with van der Waals surface area (Å²) in [5.74, 6) is -1.76. The first-order valence-electron chi connectivity index (χ1n) is 8.77. The standard InChI is InChI=1S/C18H20F2N4O4/c1-10-9-23(8-7-14(10)17(26)27)16(25)15-11(2)24(22-21-15)12-3-5-13(6-4-12)28-18(19)20/h3-6,10,14,18H,7-9H2,1-2H3,(H,26,27). The molecule has 1 N–H and O–H groups in total. The normalized spacial score (nSPS) is 19.7. The highest BCUT2D eigenvalue weighted by Crippen LogP contribution is 2.25. The Balaban J connectivity index is 1.76. The van der Waals surface area contributed by atoms with Crippen LogP contribution in [-0.2, 0) is 4.79 Å². The zero-order chi connectivity index (χ0) is 20.4. The molecule has 1 saturated heterocycles. The van der Waals surface area contributed by atoms with E-state index in [0.717, 1.165) is 0 Å². The predicted molar refractivity (Wildman–Crippen MR) is 93.5 cm³/mol. The molecule has 3 rings (SSSR count). The van der Waals surface area contributed by atoms with Gasteiger partial charge in [-0.25, -0.2) is 4.68 Å². The summed E-state index contributed by atoms with van der Waals surface area (Å²) in [6, 6.07) is 5.83. The van der Waals surface area contributed by atoms with Crippen molar-refractivity contribution in [2.45, 2.75) is 26.9 Å². The van der Waals surface area contributed by atoms with E-state index in [0.29, 0.717) is 30.9 Å². The zero-order valence-electron chi connectivity index (χ0n) is 15.4. The Hall–Kier alpha value is -3.04. The van der Waals surface area contributed by atoms with Crippen molar-refractivity contribution in [2.75, 3.05) is 13.1 Å². The van der Waals surface area contributed by atoms with Gasteiger partial charge in [-0.05, 0) is 43.5 Å². The van der Waals surface area contributed by atoms with Crippen LogP contribution >= 0.6 is 0 Å². The van der Waals surface area contributed by atoms with E-state index in [1.165, 1.54) is 28.9 Å². The summed E-state index contributed by atoms with van der Waals surface area (Å²) < 4.78 is 30.2. The lowest BCUT2D eigenvalue weighted by Crippen LogP contribution is -2.45. The highest BCUT2D eigenvalue weighted by atomic mass is 19.3. The van der Waals surface area contributed by atoms with Gasteiger partial charge in [-0.15, -0.1) is 5.10 Å². The van der Waals surface area contributed by atoms with E-state index in [-0.39, 0.29) is 23.3 Å². The maximum atomic E-state index is 12.8. The van der Waals surface area contributed by atoms with E-state index >= 15 is 0 Å². The zero-order valence-corrected chi connectivity index (χ0v) is 15.4. The lowest BCUT2D eigenvalue weighted by molar-refractivity contribution is -0.145. The molecule has 10 heteroatoms. The van der Waals surface area contributed by atoms with E-state index in [1.54, 1.807) is 11.8 Å². The number of amides is 1. The molecule has 0 saturated carbocycles. The molecule has 2 heterocycles. The second-order valence-electron chi connectivity index (χ2n) is 6.77. The first kappa shape index (κ1) is 19.7. The van der Waals surface area contributed by atoms with E-state index in [1.807, 2.05) is 6.92 Å². The van der Waals surface area contributed by atoms with Crippen LogP contribution in [0, 0.1) is 18.8 Å². The van der Waals surface area contributed by atoms with Gasteiger partial charge in [0.2, 0.25) is 0 Å². The minimum atomic E-state index is -2.91. The van der Waals surface area contributed by atoms with Crippen molar-refractivity contribution in [3.63, 3.8) is 0 Å². The Labute approximate surface area is 159 Å². The molecule has 0 aliphatic carbocycles. The van der Waals surface area contributed by atoms with Crippen LogP contribution in [0.15, 0.2) is 24.3 Å². The number of hydrogen-bond acceptors (Lipinski definition) is 5. The van der Waals surface area contributed by atoms with Crippen molar-refractivity contribution in [1.82, 2.24) is 19.9 Å². The number of likely N-dealkylation sites (tertiary alicyclic amines) is 1. The summed E-state index contributed by atoms with van der Waals surface area (Å²) in [5.41, 5.74) is 1.22. The maximum absolute atomic E-state index is 12.8. The molecule has 1 aromatic heterocycles. The summed E-state index contributed by atoms with van der Waals surface area (Å²) >= 11 is 0. The Morgan fingerprint density at radius 1 is 1.29 bits per heavy atom. The van der Waals surface area contributed by atoms with Crippen molar-refractivity contribution in [1.29, 1.82) is 0 Å². The molecule has 8 nitrogen and oxygen atoms in total. The summed E-state index contributed by atoms with van der Waals surface area (Å²) in [4.78, 5) is 25.6. The van der Waals surface area contributed by atoms with E-state index in [4.69, 9.17) is 0 Å². The van der Waals surface area contributed by atoms with Crippen molar-refractivity contribution >= 4 is 11.9 Å². The number of piperidine rings is 1. The number of carboxylic acid groups (broad SMARTS) is 1. The number of aliphatic carboxylic acids is 1. The molecule has 1 aliphatic heterocycles. The first-order chi connectivity index (χ1) is 13.3. The number of nitrogens with zero attached hydrogens (tertiary/aromatic N) is 4. The number of benzene rings is 1. The van der Waals surface area contributed by atoms with Crippen LogP contribution < -0.4 is 4.74 Å². The molecule has 1 aromatic carbocycles. The average molecular weight is 394 g/mol. The number of aromatic nitrogens is 3. The molecule has 150 valence electrons. The Morgan fingerprint density at radius 3 is 2.54 bits per heavy atom. The molecule has 1 amide bonds. The molecule has 28 heavy (non-hydrogen) atoms. The van der Waals surface area contributed by atoms with Gasteiger partial charge in [0.1, 0.15) is 5.75 Å². The summed E-state index contributed by atoms with van der Waals surface area (Å²) in [5, 5.41) is 17.2. The topological polar surface area (TPSA) is 97.5 Å². The van der Waals surface area contributed by atoms with Gasteiger partial charge in [-0.3, -0.25) is 9.59 Å². The number of carboxylic acids is 1. The number of carbonyl (C=O) groups is 2. The van der Waals surface area contributed by atoms with Crippen LogP contribution in [0.4, 0.5) is 8.78 Å². The minimum Gasteiger partial charge on any atom is -0.481 e. The third-order valence-corrected chi connectivity index (χ3v) is 4.91. The monoisotopic (exact) mass is 394 g/mol. The predicted octanol–water partition coefficient (Wildman–Crippen LogP) is 2.36. The lowest BCUT2D eigenvalue weighted by atomic mass is 9.87. The van der Waals surface area contributed by atoms with Crippen LogP contribution in [0.5, 0.6) is 5.75 Å². The maximum Gasteiger partial charge on any atom is 0.387 e. The van der Waals surface area contributed by atoms with Crippen LogP contribution in [-0.4, -0.2) is 56.6 Å². The number of alkyl halides is 2. The molecular weight excluding hydrogens is 374 g/mol. The molecule has 2 unspecified atom stereocenters. The van der Waals surface area contributed by atoms with Crippen molar-refractivity contribution in [2.24, 2.45) is 11.8 Å². The third-order valence-electron chi connectivity index (χ3n) is 4.91. The fourth-order valence-electron chi connectivity index (χ4n) is 3.39. The van der Waals surface area contributed by atoms with E-state index in [9.17, 15) is 23.5 Å². The highest BCUT2D eigenvalue weighted by molar-refractivity contribution is 5.93. The number of hydrogen-bond donors (Lipinski definition) is 1. The second-order valence-corrected chi connectivity index (χ2v) is 6.77. The summed E-state index contributed by atoms with van der Waals surface area (Å²) in [7, 11) is 0. The molecule has 2 aromatic rings. The highest BCUT2D eigenvalue weighted by Gasteiger charge is 2.34. The van der Waals surface area contributed by atoms with Crippen LogP contribution in [0.1, 0.15) is 29.5 Å². The van der Waals surface area contributed by atoms with Gasteiger partial charge in [0.25, 0.3) is 5.91 Å². The fraction of sp³-hybridized carbons (Fsp3) is 0.444. The Bertz CT molecular complexity index is 869. The van der Waals surface area contributed by atoms with Crippen molar-refractivity contribution < 1.29 is 28.2 Å². The molecular formula is C18H20F2N4O4. The first-order valence-corrected chi connectivity index (χ1v) is 8.77. The average Bonchev–Trinajstić information content (AvgIpc) is 3.02. The van der Waals surface area contributed by atoms with E-state index < -0.39 is 18.5 Å². The number of rotatable bonds is 5. The van der Waals surface area contributed by atoms with Crippen LogP contribution in [0.3, 0.4) is 0 Å². The van der Waals surface area contributed by atoms with Crippen molar-refractivity contribution in [3.05, 3.63) is 35.7 Å². The van der Waals surface area contributed by atoms with Gasteiger partial charge >= 0.3 is 12.6 Å². The van der Waals surface area contributed by atoms with Gasteiger partial charge in [0.05, 0.1) is 17.3 Å². The fourth-order valence-corrected chi connectivity index (χ4v) is 3.39. The molecule has 2 atom stereocenters. The molecule has 0 bridgehead atoms. The van der Waals surface area contributed by atoms with Gasteiger partial charge in [-0.2, -0.15) is 8.78 Å². The van der Waals surface area contributed by atoms with Crippen LogP contribution in [0.25, 0.3) is 5.69 Å². The molecule has 0 radical (unpaired) electrons. The van der Waals surface area contributed by atoms with Crippen molar-refractivity contribution in [3.8, 4) is 11.4 Å². The molecule has 0 spiro atoms. The number of ether oxygens (including phenoxy) is 1. The van der Waals surface area contributed by atoms with Crippen LogP contribution in [0.2, 0.25) is 0 Å². The molecule has 1 aliphatic rings. The Kier molecular flexibility index (Phi) is 5.57. The largest absolute Gasteiger partial charge is 0.481 e. The summed E-state index contributed by atoms with van der Waals surface area (Å²) in [6.07, 6.45) is 0.390. The number of halogens is 2. The minimum absolute atomic E-state index is 0.0168. The molecule has 1 fully saturated rings. The second kappa shape index (κ2) is 7.91. The number of carbonyl (C=O) groups excluding carboxylic acids is 1. The van der Waals surface area contributed by atoms with Gasteiger partial charge in [0, 0.05) is 13.1 Å².